The molecule has 0 bridgehead atoms. The van der Waals surface area contributed by atoms with Crippen molar-refractivity contribution in [2.75, 3.05) is 13.2 Å². The van der Waals surface area contributed by atoms with Crippen molar-refractivity contribution in [2.24, 2.45) is 0 Å². The van der Waals surface area contributed by atoms with Gasteiger partial charge in [-0.1, -0.05) is 12.2 Å². The molecule has 0 aromatic rings. The minimum absolute atomic E-state index is 0.205. The molecule has 0 N–H and O–H groups in total. The molecular formula is C12H24O2. The molecule has 0 aliphatic carbocycles. The third kappa shape index (κ3) is 6.17. The Kier molecular flexibility index (Phi) is 5.38. The van der Waals surface area contributed by atoms with E-state index in [1.807, 2.05) is 13.8 Å². The average Bonchev–Trinajstić information content (AvgIpc) is 2.01. The molecule has 84 valence electrons. The summed E-state index contributed by atoms with van der Waals surface area (Å²) in [6, 6.07) is 0. The normalized spacial score (nSPS) is 13.9. The van der Waals surface area contributed by atoms with Crippen LogP contribution in [0.15, 0.2) is 12.2 Å². The molecule has 0 aromatic heterocycles. The zero-order valence-corrected chi connectivity index (χ0v) is 10.4. The van der Waals surface area contributed by atoms with Crippen LogP contribution in [0.4, 0.5) is 0 Å². The Morgan fingerprint density at radius 2 is 1.07 bits per heavy atom. The molecule has 0 atom stereocenters. The Labute approximate surface area is 88.3 Å². The van der Waals surface area contributed by atoms with E-state index in [1.165, 1.54) is 0 Å². The highest BCUT2D eigenvalue weighted by atomic mass is 16.5. The predicted molar refractivity (Wildman–Crippen MR) is 60.6 cm³/mol. The largest absolute Gasteiger partial charge is 0.372 e. The van der Waals surface area contributed by atoms with E-state index in [0.717, 1.165) is 13.2 Å². The van der Waals surface area contributed by atoms with Crippen LogP contribution in [0.2, 0.25) is 0 Å². The number of hydrogen-bond acceptors (Lipinski definition) is 2. The minimum atomic E-state index is -0.205. The van der Waals surface area contributed by atoms with Crippen LogP contribution < -0.4 is 0 Å². The molecule has 0 aliphatic heterocycles. The fourth-order valence-electron chi connectivity index (χ4n) is 1.24. The van der Waals surface area contributed by atoms with Crippen molar-refractivity contribution in [1.82, 2.24) is 0 Å². The second kappa shape index (κ2) is 5.52. The van der Waals surface area contributed by atoms with E-state index >= 15 is 0 Å². The molecule has 0 aromatic carbocycles. The van der Waals surface area contributed by atoms with E-state index in [2.05, 4.69) is 39.8 Å². The van der Waals surface area contributed by atoms with Crippen LogP contribution in [0.1, 0.15) is 41.5 Å². The zero-order valence-electron chi connectivity index (χ0n) is 10.4. The van der Waals surface area contributed by atoms with Gasteiger partial charge in [0, 0.05) is 13.2 Å². The van der Waals surface area contributed by atoms with E-state index in [4.69, 9.17) is 9.47 Å². The van der Waals surface area contributed by atoms with Crippen molar-refractivity contribution in [3.8, 4) is 0 Å². The predicted octanol–water partition coefficient (Wildman–Crippen LogP) is 3.17. The Bertz CT molecular complexity index is 161. The highest BCUT2D eigenvalue weighted by molar-refractivity contribution is 5.04. The van der Waals surface area contributed by atoms with Gasteiger partial charge in [0.05, 0.1) is 11.2 Å². The highest BCUT2D eigenvalue weighted by Crippen LogP contribution is 2.16. The van der Waals surface area contributed by atoms with Gasteiger partial charge in [0.25, 0.3) is 0 Å². The summed E-state index contributed by atoms with van der Waals surface area (Å²) in [6.45, 7) is 13.7. The lowest BCUT2D eigenvalue weighted by Crippen LogP contribution is -2.26. The first-order valence-corrected chi connectivity index (χ1v) is 5.31. The van der Waals surface area contributed by atoms with E-state index in [-0.39, 0.29) is 11.2 Å². The van der Waals surface area contributed by atoms with Crippen LogP contribution in [-0.4, -0.2) is 24.4 Å². The maximum absolute atomic E-state index is 5.56. The summed E-state index contributed by atoms with van der Waals surface area (Å²) in [5.41, 5.74) is -0.410. The Hall–Kier alpha value is -0.340. The molecule has 0 radical (unpaired) electrons. The molecule has 2 nitrogen and oxygen atoms in total. The van der Waals surface area contributed by atoms with Crippen molar-refractivity contribution in [1.29, 1.82) is 0 Å². The van der Waals surface area contributed by atoms with Crippen molar-refractivity contribution in [2.45, 2.75) is 52.7 Å². The lowest BCUT2D eigenvalue weighted by Gasteiger charge is -2.25. The summed E-state index contributed by atoms with van der Waals surface area (Å²) in [5, 5.41) is 0. The van der Waals surface area contributed by atoms with Gasteiger partial charge in [0.2, 0.25) is 0 Å². The number of ether oxygens (including phenoxy) is 2. The molecule has 0 saturated heterocycles. The number of rotatable bonds is 6. The second-order valence-electron chi connectivity index (χ2n) is 4.41. The van der Waals surface area contributed by atoms with E-state index < -0.39 is 0 Å². The summed E-state index contributed by atoms with van der Waals surface area (Å²) >= 11 is 0. The Morgan fingerprint density at radius 1 is 0.786 bits per heavy atom. The first-order chi connectivity index (χ1) is 6.33. The molecular weight excluding hydrogens is 176 g/mol. The van der Waals surface area contributed by atoms with Gasteiger partial charge in [0.1, 0.15) is 0 Å². The first kappa shape index (κ1) is 13.7. The van der Waals surface area contributed by atoms with Crippen LogP contribution in [0.3, 0.4) is 0 Å². The highest BCUT2D eigenvalue weighted by Gasteiger charge is 2.17. The van der Waals surface area contributed by atoms with E-state index in [9.17, 15) is 0 Å². The van der Waals surface area contributed by atoms with Gasteiger partial charge in [-0.3, -0.25) is 0 Å². The second-order valence-corrected chi connectivity index (χ2v) is 4.41. The van der Waals surface area contributed by atoms with Gasteiger partial charge in [-0.15, -0.1) is 0 Å². The standard InChI is InChI=1S/C12H24O2/c1-7-13-11(3,4)9-10-12(5,6)14-8-2/h9-10H,7-8H2,1-6H3. The third-order valence-corrected chi connectivity index (χ3v) is 1.92. The lowest BCUT2D eigenvalue weighted by molar-refractivity contribution is 0.0149. The van der Waals surface area contributed by atoms with Crippen LogP contribution in [0.25, 0.3) is 0 Å². The molecule has 14 heavy (non-hydrogen) atoms. The quantitative estimate of drug-likeness (QED) is 0.613. The van der Waals surface area contributed by atoms with Gasteiger partial charge in [-0.25, -0.2) is 0 Å². The number of hydrogen-bond donors (Lipinski definition) is 0. The monoisotopic (exact) mass is 200 g/mol. The van der Waals surface area contributed by atoms with Gasteiger partial charge in [-0.05, 0) is 41.5 Å². The van der Waals surface area contributed by atoms with Crippen molar-refractivity contribution in [3.63, 3.8) is 0 Å². The summed E-state index contributed by atoms with van der Waals surface area (Å²) in [5.74, 6) is 0. The van der Waals surface area contributed by atoms with Crippen LogP contribution >= 0.6 is 0 Å². The van der Waals surface area contributed by atoms with Crippen molar-refractivity contribution < 1.29 is 9.47 Å². The smallest absolute Gasteiger partial charge is 0.0807 e. The van der Waals surface area contributed by atoms with Crippen molar-refractivity contribution in [3.05, 3.63) is 12.2 Å². The van der Waals surface area contributed by atoms with Gasteiger partial charge >= 0.3 is 0 Å². The third-order valence-electron chi connectivity index (χ3n) is 1.92. The maximum Gasteiger partial charge on any atom is 0.0807 e. The van der Waals surface area contributed by atoms with Crippen LogP contribution in [0.5, 0.6) is 0 Å². The average molecular weight is 200 g/mol. The summed E-state index contributed by atoms with van der Waals surface area (Å²) in [4.78, 5) is 0. The SMILES string of the molecule is CCOC(C)(C)C=CC(C)(C)OCC. The first-order valence-electron chi connectivity index (χ1n) is 5.31. The van der Waals surface area contributed by atoms with Gasteiger partial charge < -0.3 is 9.47 Å². The molecule has 0 rings (SSSR count). The van der Waals surface area contributed by atoms with E-state index in [0.29, 0.717) is 0 Å². The topological polar surface area (TPSA) is 18.5 Å². The zero-order chi connectivity index (χ0) is 11.2. The molecule has 2 heteroatoms. The molecule has 0 unspecified atom stereocenters. The fourth-order valence-corrected chi connectivity index (χ4v) is 1.24. The van der Waals surface area contributed by atoms with Gasteiger partial charge in [-0.2, -0.15) is 0 Å². The maximum atomic E-state index is 5.56. The minimum Gasteiger partial charge on any atom is -0.372 e. The fraction of sp³-hybridized carbons (Fsp3) is 0.833. The molecule has 0 heterocycles. The molecule has 0 aliphatic rings. The van der Waals surface area contributed by atoms with E-state index in [1.54, 1.807) is 0 Å². The van der Waals surface area contributed by atoms with Crippen LogP contribution in [0, 0.1) is 0 Å². The molecule has 0 spiro atoms. The lowest BCUT2D eigenvalue weighted by atomic mass is 10.0. The summed E-state index contributed by atoms with van der Waals surface area (Å²) < 4.78 is 11.1. The molecule has 0 amide bonds. The summed E-state index contributed by atoms with van der Waals surface area (Å²) in [7, 11) is 0. The summed E-state index contributed by atoms with van der Waals surface area (Å²) in [6.07, 6.45) is 4.12. The van der Waals surface area contributed by atoms with Crippen molar-refractivity contribution >= 4 is 0 Å². The van der Waals surface area contributed by atoms with Crippen LogP contribution in [-0.2, 0) is 9.47 Å². The molecule has 0 fully saturated rings. The Morgan fingerprint density at radius 3 is 1.29 bits per heavy atom. The molecule has 0 saturated carbocycles. The Balaban J connectivity index is 4.26. The van der Waals surface area contributed by atoms with Gasteiger partial charge in [0.15, 0.2) is 0 Å².